The van der Waals surface area contributed by atoms with Gasteiger partial charge in [-0.05, 0) is 37.6 Å². The van der Waals surface area contributed by atoms with Crippen molar-refractivity contribution in [1.82, 2.24) is 14.7 Å². The highest BCUT2D eigenvalue weighted by Crippen LogP contribution is 2.25. The predicted octanol–water partition coefficient (Wildman–Crippen LogP) is 2.63. The van der Waals surface area contributed by atoms with Gasteiger partial charge in [0.2, 0.25) is 0 Å². The Morgan fingerprint density at radius 3 is 2.60 bits per heavy atom. The maximum absolute atomic E-state index is 13.9. The number of carbonyl (C=O) groups excluding carboxylic acids is 2. The lowest BCUT2D eigenvalue weighted by Crippen LogP contribution is -2.30. The van der Waals surface area contributed by atoms with Crippen LogP contribution < -0.4 is 15.8 Å². The normalized spacial score (nSPS) is 10.8. The summed E-state index contributed by atoms with van der Waals surface area (Å²) < 4.78 is 39.5. The molecule has 2 aromatic heterocycles. The lowest BCUT2D eigenvalue weighted by atomic mass is 10.2. The molecule has 3 rings (SSSR count). The highest BCUT2D eigenvalue weighted by molar-refractivity contribution is 5.95. The molecule has 0 unspecified atom stereocenters. The van der Waals surface area contributed by atoms with Crippen LogP contribution in [-0.4, -0.2) is 34.5 Å². The number of carbonyl (C=O) groups is 2. The fraction of sp³-hybridized carbons (Fsp3) is 0.250. The summed E-state index contributed by atoms with van der Waals surface area (Å²) >= 11 is 0. The Morgan fingerprint density at radius 2 is 1.93 bits per heavy atom. The second-order valence-corrected chi connectivity index (χ2v) is 6.53. The highest BCUT2D eigenvalue weighted by Gasteiger charge is 2.20. The van der Waals surface area contributed by atoms with Gasteiger partial charge in [0.05, 0.1) is 17.8 Å². The summed E-state index contributed by atoms with van der Waals surface area (Å²) in [4.78, 5) is 27.6. The van der Waals surface area contributed by atoms with Gasteiger partial charge in [0.1, 0.15) is 30.5 Å². The zero-order chi connectivity index (χ0) is 21.8. The van der Waals surface area contributed by atoms with Crippen LogP contribution in [0.25, 0.3) is 5.65 Å². The van der Waals surface area contributed by atoms with Crippen molar-refractivity contribution in [2.24, 2.45) is 5.73 Å². The van der Waals surface area contributed by atoms with Crippen LogP contribution in [0, 0.1) is 25.5 Å². The van der Waals surface area contributed by atoms with Crippen molar-refractivity contribution in [3.63, 3.8) is 0 Å². The molecule has 0 aliphatic carbocycles. The Bertz CT molecular complexity index is 1090. The van der Waals surface area contributed by atoms with E-state index in [4.69, 9.17) is 10.5 Å². The summed E-state index contributed by atoms with van der Waals surface area (Å²) in [5, 5.41) is 2.61. The summed E-state index contributed by atoms with van der Waals surface area (Å²) in [6.45, 7) is 3.09. The van der Waals surface area contributed by atoms with Gasteiger partial charge in [-0.15, -0.1) is 0 Å². The van der Waals surface area contributed by atoms with Gasteiger partial charge in [-0.25, -0.2) is 18.6 Å². The van der Waals surface area contributed by atoms with Crippen LogP contribution in [0.3, 0.4) is 0 Å². The van der Waals surface area contributed by atoms with Gasteiger partial charge in [0, 0.05) is 6.20 Å². The minimum atomic E-state index is -0.932. The highest BCUT2D eigenvalue weighted by atomic mass is 19.1. The first-order valence-corrected chi connectivity index (χ1v) is 9.03. The molecule has 30 heavy (non-hydrogen) atoms. The van der Waals surface area contributed by atoms with Crippen molar-refractivity contribution in [3.05, 3.63) is 64.6 Å². The van der Waals surface area contributed by atoms with Crippen molar-refractivity contribution in [2.45, 2.75) is 20.5 Å². The molecule has 0 aliphatic heterocycles. The third kappa shape index (κ3) is 4.48. The molecule has 10 heteroatoms. The lowest BCUT2D eigenvalue weighted by molar-refractivity contribution is 0.0930. The smallest absolute Gasteiger partial charge is 0.404 e. The van der Waals surface area contributed by atoms with E-state index in [1.54, 1.807) is 30.5 Å². The summed E-state index contributed by atoms with van der Waals surface area (Å²) in [5.41, 5.74) is 6.43. The van der Waals surface area contributed by atoms with Crippen LogP contribution in [0.2, 0.25) is 0 Å². The average Bonchev–Trinajstić information content (AvgIpc) is 3.00. The fourth-order valence-corrected chi connectivity index (χ4v) is 2.96. The maximum Gasteiger partial charge on any atom is 0.404 e. The number of nitrogens with one attached hydrogen (secondary N) is 1. The second kappa shape index (κ2) is 8.76. The van der Waals surface area contributed by atoms with Crippen molar-refractivity contribution in [2.75, 3.05) is 13.2 Å². The molecule has 0 fully saturated rings. The number of pyridine rings is 1. The van der Waals surface area contributed by atoms with E-state index in [0.29, 0.717) is 11.3 Å². The topological polar surface area (TPSA) is 108 Å². The molecule has 0 radical (unpaired) electrons. The van der Waals surface area contributed by atoms with Crippen molar-refractivity contribution < 1.29 is 27.8 Å². The number of aromatic nitrogens is 2. The largest absolute Gasteiger partial charge is 0.485 e. The van der Waals surface area contributed by atoms with E-state index in [2.05, 4.69) is 15.0 Å². The van der Waals surface area contributed by atoms with Crippen molar-refractivity contribution in [1.29, 1.82) is 0 Å². The molecule has 0 saturated heterocycles. The first kappa shape index (κ1) is 21.0. The number of rotatable bonds is 7. The quantitative estimate of drug-likeness (QED) is 0.574. The fourth-order valence-electron chi connectivity index (χ4n) is 2.96. The van der Waals surface area contributed by atoms with Crippen LogP contribution in [-0.2, 0) is 11.3 Å². The molecule has 0 atom stereocenters. The van der Waals surface area contributed by atoms with Crippen LogP contribution in [0.5, 0.6) is 5.75 Å². The van der Waals surface area contributed by atoms with Gasteiger partial charge < -0.3 is 20.5 Å². The van der Waals surface area contributed by atoms with Crippen molar-refractivity contribution >= 4 is 17.6 Å². The minimum absolute atomic E-state index is 0.0657. The molecule has 158 valence electrons. The number of ether oxygens (including phenoxy) is 2. The number of hydrogen-bond donors (Lipinski definition) is 2. The minimum Gasteiger partial charge on any atom is -0.485 e. The Morgan fingerprint density at radius 1 is 1.23 bits per heavy atom. The number of halogens is 2. The Labute approximate surface area is 170 Å². The van der Waals surface area contributed by atoms with Gasteiger partial charge in [0.15, 0.2) is 11.4 Å². The molecule has 1 aromatic carbocycles. The molecular formula is C20H20F2N4O4. The Kier molecular flexibility index (Phi) is 6.14. The third-order valence-electron chi connectivity index (χ3n) is 4.28. The standard InChI is InChI=1S/C20H20F2N4O4/c1-11-8-16(30-10-13-14(21)4-3-5-15(13)22)18-25-12(2)17(26(18)9-11)19(27)24-6-7-29-20(23)28/h3-5,8-9H,6-7,10H2,1-2H3,(H2,23,28)(H,24,27). The molecule has 3 N–H and O–H groups in total. The number of nitrogens with two attached hydrogens (primary N) is 1. The number of fused-ring (bicyclic) bond motifs is 1. The van der Waals surface area contributed by atoms with E-state index in [1.165, 1.54) is 6.07 Å². The number of benzene rings is 1. The maximum atomic E-state index is 13.9. The molecule has 2 heterocycles. The van der Waals surface area contributed by atoms with E-state index in [9.17, 15) is 18.4 Å². The number of amides is 2. The van der Waals surface area contributed by atoms with Crippen LogP contribution >= 0.6 is 0 Å². The van der Waals surface area contributed by atoms with E-state index in [-0.39, 0.29) is 36.8 Å². The van der Waals surface area contributed by atoms with Gasteiger partial charge in [-0.2, -0.15) is 0 Å². The zero-order valence-electron chi connectivity index (χ0n) is 16.4. The lowest BCUT2D eigenvalue weighted by Gasteiger charge is -2.11. The van der Waals surface area contributed by atoms with Gasteiger partial charge in [0.25, 0.3) is 5.91 Å². The Hall–Kier alpha value is -3.69. The third-order valence-corrected chi connectivity index (χ3v) is 4.28. The summed E-state index contributed by atoms with van der Waals surface area (Å²) in [5.74, 6) is -1.59. The molecular weight excluding hydrogens is 398 g/mol. The molecule has 0 aliphatic rings. The number of imidazole rings is 1. The Balaban J connectivity index is 1.86. The van der Waals surface area contributed by atoms with E-state index in [1.807, 2.05) is 0 Å². The molecule has 3 aromatic rings. The second-order valence-electron chi connectivity index (χ2n) is 6.53. The van der Waals surface area contributed by atoms with Gasteiger partial charge in [-0.3, -0.25) is 9.20 Å². The van der Waals surface area contributed by atoms with E-state index >= 15 is 0 Å². The molecule has 0 bridgehead atoms. The van der Waals surface area contributed by atoms with E-state index in [0.717, 1.165) is 17.7 Å². The van der Waals surface area contributed by atoms with Crippen molar-refractivity contribution in [3.8, 4) is 5.75 Å². The first-order valence-electron chi connectivity index (χ1n) is 9.03. The number of primary amides is 1. The number of nitrogens with zero attached hydrogens (tertiary/aromatic N) is 2. The molecule has 2 amide bonds. The van der Waals surface area contributed by atoms with Crippen LogP contribution in [0.1, 0.15) is 27.3 Å². The van der Waals surface area contributed by atoms with Crippen LogP contribution in [0.4, 0.5) is 13.6 Å². The average molecular weight is 418 g/mol. The monoisotopic (exact) mass is 418 g/mol. The van der Waals surface area contributed by atoms with E-state index < -0.39 is 23.6 Å². The molecule has 0 saturated carbocycles. The predicted molar refractivity (Wildman–Crippen MR) is 103 cm³/mol. The number of aryl methyl sites for hydroxylation is 2. The summed E-state index contributed by atoms with van der Waals surface area (Å²) in [7, 11) is 0. The zero-order valence-corrected chi connectivity index (χ0v) is 16.4. The van der Waals surface area contributed by atoms with Gasteiger partial charge in [-0.1, -0.05) is 6.07 Å². The first-order chi connectivity index (χ1) is 14.3. The number of hydrogen-bond acceptors (Lipinski definition) is 5. The SMILES string of the molecule is Cc1cc(OCc2c(F)cccc2F)c2nc(C)c(C(=O)NCCOC(N)=O)n2c1. The molecule has 0 spiro atoms. The molecule has 8 nitrogen and oxygen atoms in total. The van der Waals surface area contributed by atoms with Crippen LogP contribution in [0.15, 0.2) is 30.5 Å². The summed E-state index contributed by atoms with van der Waals surface area (Å²) in [6.07, 6.45) is 0.764. The summed E-state index contributed by atoms with van der Waals surface area (Å²) in [6, 6.07) is 5.24. The van der Waals surface area contributed by atoms with Gasteiger partial charge >= 0.3 is 6.09 Å².